The lowest BCUT2D eigenvalue weighted by Crippen LogP contribution is -1.95. The van der Waals surface area contributed by atoms with Gasteiger partial charge < -0.3 is 4.74 Å². The minimum absolute atomic E-state index is 0.141. The highest BCUT2D eigenvalue weighted by molar-refractivity contribution is 9.10. The van der Waals surface area contributed by atoms with Gasteiger partial charge in [-0.1, -0.05) is 19.1 Å². The normalized spacial score (nSPS) is 10.1. The molecule has 92 valence electrons. The number of para-hydroxylation sites is 1. The maximum absolute atomic E-state index is 11.5. The van der Waals surface area contributed by atoms with E-state index in [1.54, 1.807) is 12.1 Å². The molecule has 0 spiro atoms. The highest BCUT2D eigenvalue weighted by Gasteiger charge is 2.04. The Morgan fingerprint density at radius 3 is 2.39 bits per heavy atom. The Hall–Kier alpha value is -1.61. The number of hydrogen-bond acceptors (Lipinski definition) is 2. The Kier molecular flexibility index (Phi) is 4.15. The quantitative estimate of drug-likeness (QED) is 0.756. The lowest BCUT2D eigenvalue weighted by atomic mass is 10.1. The van der Waals surface area contributed by atoms with Gasteiger partial charge in [-0.3, -0.25) is 4.79 Å². The molecule has 3 heteroatoms. The van der Waals surface area contributed by atoms with E-state index in [2.05, 4.69) is 15.9 Å². The average Bonchev–Trinajstić information content (AvgIpc) is 2.41. The predicted molar refractivity (Wildman–Crippen MR) is 75.3 cm³/mol. The summed E-state index contributed by atoms with van der Waals surface area (Å²) in [4.78, 5) is 11.5. The van der Waals surface area contributed by atoms with Crippen molar-refractivity contribution in [2.45, 2.75) is 13.3 Å². The van der Waals surface area contributed by atoms with Crippen LogP contribution in [-0.4, -0.2) is 5.78 Å². The van der Waals surface area contributed by atoms with Gasteiger partial charge in [0.2, 0.25) is 0 Å². The van der Waals surface area contributed by atoms with Gasteiger partial charge in [-0.2, -0.15) is 0 Å². The Bertz CT molecular complexity index is 547. The van der Waals surface area contributed by atoms with Crippen LogP contribution < -0.4 is 4.74 Å². The number of carbonyl (C=O) groups excluding carboxylic acids is 1. The van der Waals surface area contributed by atoms with Crippen LogP contribution in [-0.2, 0) is 0 Å². The third-order valence-corrected chi connectivity index (χ3v) is 3.22. The van der Waals surface area contributed by atoms with Crippen LogP contribution in [0, 0.1) is 0 Å². The number of ketones is 1. The van der Waals surface area contributed by atoms with E-state index >= 15 is 0 Å². The Morgan fingerprint density at radius 2 is 1.78 bits per heavy atom. The monoisotopic (exact) mass is 304 g/mol. The first-order valence-corrected chi connectivity index (χ1v) is 6.55. The van der Waals surface area contributed by atoms with E-state index in [4.69, 9.17) is 4.74 Å². The highest BCUT2D eigenvalue weighted by atomic mass is 79.9. The maximum Gasteiger partial charge on any atom is 0.162 e. The molecule has 18 heavy (non-hydrogen) atoms. The summed E-state index contributed by atoms with van der Waals surface area (Å²) in [6, 6.07) is 14.8. The Labute approximate surface area is 115 Å². The summed E-state index contributed by atoms with van der Waals surface area (Å²) in [5.41, 5.74) is 0.719. The number of rotatable bonds is 4. The summed E-state index contributed by atoms with van der Waals surface area (Å²) in [6.07, 6.45) is 0.518. The Morgan fingerprint density at radius 1 is 1.11 bits per heavy atom. The molecule has 0 fully saturated rings. The molecule has 0 bridgehead atoms. The summed E-state index contributed by atoms with van der Waals surface area (Å²) >= 11 is 3.42. The van der Waals surface area contributed by atoms with E-state index in [0.29, 0.717) is 6.42 Å². The van der Waals surface area contributed by atoms with E-state index < -0.39 is 0 Å². The van der Waals surface area contributed by atoms with Crippen LogP contribution in [0.15, 0.2) is 53.0 Å². The van der Waals surface area contributed by atoms with Crippen molar-refractivity contribution in [1.82, 2.24) is 0 Å². The van der Waals surface area contributed by atoms with E-state index in [1.807, 2.05) is 43.3 Å². The third kappa shape index (κ3) is 2.99. The zero-order valence-corrected chi connectivity index (χ0v) is 11.6. The molecule has 0 saturated heterocycles. The second-order valence-corrected chi connectivity index (χ2v) is 4.69. The molecule has 0 aliphatic heterocycles. The second-order valence-electron chi connectivity index (χ2n) is 3.83. The molecule has 2 aromatic rings. The smallest absolute Gasteiger partial charge is 0.162 e. The average molecular weight is 305 g/mol. The van der Waals surface area contributed by atoms with Crippen LogP contribution in [0.4, 0.5) is 0 Å². The minimum atomic E-state index is 0.141. The lowest BCUT2D eigenvalue weighted by Gasteiger charge is -2.07. The van der Waals surface area contributed by atoms with Gasteiger partial charge in [0, 0.05) is 12.0 Å². The van der Waals surface area contributed by atoms with E-state index in [0.717, 1.165) is 21.5 Å². The number of benzene rings is 2. The fourth-order valence-corrected chi connectivity index (χ4v) is 1.93. The van der Waals surface area contributed by atoms with Crippen molar-refractivity contribution in [3.05, 3.63) is 58.6 Å². The molecule has 0 N–H and O–H groups in total. The molecular formula is C15H13BrO2. The summed E-state index contributed by atoms with van der Waals surface area (Å²) < 4.78 is 6.62. The highest BCUT2D eigenvalue weighted by Crippen LogP contribution is 2.29. The molecule has 0 aliphatic carbocycles. The number of hydrogen-bond donors (Lipinski definition) is 0. The van der Waals surface area contributed by atoms with E-state index in [9.17, 15) is 4.79 Å². The van der Waals surface area contributed by atoms with Gasteiger partial charge in [0.1, 0.15) is 11.5 Å². The molecule has 2 nitrogen and oxygen atoms in total. The number of ether oxygens (including phenoxy) is 1. The van der Waals surface area contributed by atoms with Gasteiger partial charge in [0.25, 0.3) is 0 Å². The van der Waals surface area contributed by atoms with Gasteiger partial charge in [0.15, 0.2) is 5.78 Å². The van der Waals surface area contributed by atoms with Crippen LogP contribution in [0.5, 0.6) is 11.5 Å². The van der Waals surface area contributed by atoms with Crippen molar-refractivity contribution in [3.8, 4) is 11.5 Å². The van der Waals surface area contributed by atoms with Crippen LogP contribution >= 0.6 is 15.9 Å². The maximum atomic E-state index is 11.5. The van der Waals surface area contributed by atoms with Crippen LogP contribution in [0.1, 0.15) is 23.7 Å². The van der Waals surface area contributed by atoms with Crippen LogP contribution in [0.25, 0.3) is 0 Å². The molecule has 0 aliphatic rings. The minimum Gasteiger partial charge on any atom is -0.456 e. The van der Waals surface area contributed by atoms with Gasteiger partial charge >= 0.3 is 0 Å². The molecule has 0 heterocycles. The van der Waals surface area contributed by atoms with E-state index in [1.165, 1.54) is 0 Å². The van der Waals surface area contributed by atoms with Gasteiger partial charge in [0.05, 0.1) is 4.47 Å². The fourth-order valence-electron chi connectivity index (χ4n) is 1.57. The summed E-state index contributed by atoms with van der Waals surface area (Å²) in [6.45, 7) is 1.85. The van der Waals surface area contributed by atoms with E-state index in [-0.39, 0.29) is 5.78 Å². The summed E-state index contributed by atoms with van der Waals surface area (Å²) in [5, 5.41) is 0. The standard InChI is InChI=1S/C15H13BrO2/c1-2-14(17)11-7-9-12(10-8-11)18-15-6-4-3-5-13(15)16/h3-10H,2H2,1H3. The van der Waals surface area contributed by atoms with Crippen molar-refractivity contribution in [2.24, 2.45) is 0 Å². The van der Waals surface area contributed by atoms with Crippen molar-refractivity contribution in [2.75, 3.05) is 0 Å². The lowest BCUT2D eigenvalue weighted by molar-refractivity contribution is 0.0988. The third-order valence-electron chi connectivity index (χ3n) is 2.56. The molecule has 0 saturated carbocycles. The van der Waals surface area contributed by atoms with Crippen molar-refractivity contribution in [3.63, 3.8) is 0 Å². The van der Waals surface area contributed by atoms with Crippen LogP contribution in [0.3, 0.4) is 0 Å². The zero-order valence-electron chi connectivity index (χ0n) is 10.0. The first kappa shape index (κ1) is 12.8. The van der Waals surface area contributed by atoms with Crippen molar-refractivity contribution >= 4 is 21.7 Å². The number of carbonyl (C=O) groups is 1. The summed E-state index contributed by atoms with van der Waals surface area (Å²) in [5.74, 6) is 1.61. The molecule has 2 rings (SSSR count). The molecular weight excluding hydrogens is 292 g/mol. The second kappa shape index (κ2) is 5.83. The first-order chi connectivity index (χ1) is 8.70. The first-order valence-electron chi connectivity index (χ1n) is 5.76. The molecule has 2 aromatic carbocycles. The van der Waals surface area contributed by atoms with Crippen molar-refractivity contribution < 1.29 is 9.53 Å². The fraction of sp³-hybridized carbons (Fsp3) is 0.133. The zero-order chi connectivity index (χ0) is 13.0. The topological polar surface area (TPSA) is 26.3 Å². The van der Waals surface area contributed by atoms with Crippen LogP contribution in [0.2, 0.25) is 0 Å². The molecule has 0 amide bonds. The largest absolute Gasteiger partial charge is 0.456 e. The predicted octanol–water partition coefficient (Wildman–Crippen LogP) is 4.83. The number of Topliss-reactive ketones (excluding diaryl/α,β-unsaturated/α-hetero) is 1. The van der Waals surface area contributed by atoms with Gasteiger partial charge in [-0.15, -0.1) is 0 Å². The van der Waals surface area contributed by atoms with Crippen molar-refractivity contribution in [1.29, 1.82) is 0 Å². The molecule has 0 aromatic heterocycles. The molecule has 0 atom stereocenters. The van der Waals surface area contributed by atoms with Gasteiger partial charge in [-0.25, -0.2) is 0 Å². The summed E-state index contributed by atoms with van der Waals surface area (Å²) in [7, 11) is 0. The molecule has 0 radical (unpaired) electrons. The Balaban J connectivity index is 2.16. The number of halogens is 1. The SMILES string of the molecule is CCC(=O)c1ccc(Oc2ccccc2Br)cc1. The molecule has 0 unspecified atom stereocenters. The van der Waals surface area contributed by atoms with Gasteiger partial charge in [-0.05, 0) is 52.3 Å².